The highest BCUT2D eigenvalue weighted by atomic mass is 16.7. The Morgan fingerprint density at radius 1 is 1.27 bits per heavy atom. The lowest BCUT2D eigenvalue weighted by atomic mass is 10.2. The minimum atomic E-state index is -0.281. The molecular weight excluding hydrogens is 338 g/mol. The minimum Gasteiger partial charge on any atom is -0.465 e. The minimum absolute atomic E-state index is 0.177. The smallest absolute Gasteiger partial charge is 0.291 e. The van der Waals surface area contributed by atoms with E-state index in [1.807, 2.05) is 6.92 Å². The number of quaternary nitrogens is 1. The van der Waals surface area contributed by atoms with Crippen molar-refractivity contribution in [3.8, 4) is 11.5 Å². The van der Waals surface area contributed by atoms with Crippen LogP contribution < -0.4 is 19.7 Å². The van der Waals surface area contributed by atoms with Gasteiger partial charge in [-0.25, -0.2) is 4.99 Å². The number of carbonyl (C=O) groups is 1. The molecule has 0 unspecified atom stereocenters. The monoisotopic (exact) mass is 364 g/mol. The fourth-order valence-corrected chi connectivity index (χ4v) is 2.75. The van der Waals surface area contributed by atoms with Crippen molar-refractivity contribution in [2.24, 2.45) is 4.99 Å². The number of benzene rings is 1. The van der Waals surface area contributed by atoms with Crippen LogP contribution in [0.1, 0.15) is 23.7 Å². The van der Waals surface area contributed by atoms with Crippen LogP contribution in [-0.4, -0.2) is 64.7 Å². The molecule has 2 aliphatic rings. The van der Waals surface area contributed by atoms with E-state index in [2.05, 4.69) is 10.3 Å². The fraction of sp³-hybridized carbons (Fsp3) is 0.556. The molecular formula is C18H26N3O5+. The van der Waals surface area contributed by atoms with Crippen LogP contribution in [0, 0.1) is 0 Å². The third-order valence-corrected chi connectivity index (χ3v) is 4.22. The Labute approximate surface area is 153 Å². The van der Waals surface area contributed by atoms with Gasteiger partial charge in [0.2, 0.25) is 6.79 Å². The summed E-state index contributed by atoms with van der Waals surface area (Å²) in [6, 6.07) is 5.34. The SMILES string of the molecule is CCCOC(=NCC[NH+]1CCOCC1)NC(=O)c1ccc2c(c1)OCO2. The highest BCUT2D eigenvalue weighted by molar-refractivity contribution is 6.04. The molecule has 0 atom stereocenters. The quantitative estimate of drug-likeness (QED) is 0.542. The summed E-state index contributed by atoms with van der Waals surface area (Å²) in [7, 11) is 0. The molecule has 1 amide bonds. The van der Waals surface area contributed by atoms with Crippen LogP contribution in [0.4, 0.5) is 0 Å². The van der Waals surface area contributed by atoms with Gasteiger partial charge in [0.25, 0.3) is 11.9 Å². The average molecular weight is 364 g/mol. The van der Waals surface area contributed by atoms with Gasteiger partial charge in [0.05, 0.1) is 32.9 Å². The zero-order chi connectivity index (χ0) is 18.2. The van der Waals surface area contributed by atoms with E-state index in [1.54, 1.807) is 18.2 Å². The maximum Gasteiger partial charge on any atom is 0.291 e. The number of nitrogens with zero attached hydrogens (tertiary/aromatic N) is 1. The number of hydrogen-bond acceptors (Lipinski definition) is 6. The van der Waals surface area contributed by atoms with E-state index in [0.29, 0.717) is 30.2 Å². The second-order valence-electron chi connectivity index (χ2n) is 6.17. The molecule has 1 aromatic rings. The van der Waals surface area contributed by atoms with Gasteiger partial charge in [-0.05, 0) is 24.6 Å². The summed E-state index contributed by atoms with van der Waals surface area (Å²) in [5, 5.41) is 2.76. The summed E-state index contributed by atoms with van der Waals surface area (Å²) in [6.45, 7) is 7.74. The van der Waals surface area contributed by atoms with Gasteiger partial charge in [0, 0.05) is 5.56 Å². The molecule has 2 aliphatic heterocycles. The predicted molar refractivity (Wildman–Crippen MR) is 95.0 cm³/mol. The van der Waals surface area contributed by atoms with Gasteiger partial charge in [0.1, 0.15) is 13.1 Å². The van der Waals surface area contributed by atoms with Crippen molar-refractivity contribution in [1.82, 2.24) is 5.32 Å². The van der Waals surface area contributed by atoms with Gasteiger partial charge in [0.15, 0.2) is 11.5 Å². The van der Waals surface area contributed by atoms with Crippen molar-refractivity contribution < 1.29 is 28.6 Å². The molecule has 0 aromatic heterocycles. The highest BCUT2D eigenvalue weighted by Gasteiger charge is 2.18. The zero-order valence-corrected chi connectivity index (χ0v) is 15.1. The summed E-state index contributed by atoms with van der Waals surface area (Å²) < 4.78 is 21.5. The Bertz CT molecular complexity index is 644. The summed E-state index contributed by atoms with van der Waals surface area (Å²) in [6.07, 6.45) is 0.841. The normalized spacial score (nSPS) is 17.2. The molecule has 8 nitrogen and oxygen atoms in total. The van der Waals surface area contributed by atoms with Crippen molar-refractivity contribution >= 4 is 11.9 Å². The Morgan fingerprint density at radius 3 is 2.88 bits per heavy atom. The summed E-state index contributed by atoms with van der Waals surface area (Å²) >= 11 is 0. The Hall–Kier alpha value is -2.32. The third-order valence-electron chi connectivity index (χ3n) is 4.22. The van der Waals surface area contributed by atoms with Crippen molar-refractivity contribution in [3.05, 3.63) is 23.8 Å². The lowest BCUT2D eigenvalue weighted by Gasteiger charge is -2.23. The standard InChI is InChI=1S/C18H25N3O5/c1-2-9-24-18(19-5-6-21-7-10-23-11-8-21)20-17(22)14-3-4-15-16(12-14)26-13-25-15/h3-4,12H,2,5-11,13H2,1H3,(H,19,20,22)/p+1. The fourth-order valence-electron chi connectivity index (χ4n) is 2.75. The van der Waals surface area contributed by atoms with Gasteiger partial charge in [-0.3, -0.25) is 10.1 Å². The van der Waals surface area contributed by atoms with E-state index in [9.17, 15) is 4.79 Å². The Morgan fingerprint density at radius 2 is 2.08 bits per heavy atom. The van der Waals surface area contributed by atoms with Gasteiger partial charge < -0.3 is 23.8 Å². The lowest BCUT2D eigenvalue weighted by molar-refractivity contribution is -0.906. The first-order valence-corrected chi connectivity index (χ1v) is 9.06. The molecule has 1 fully saturated rings. The number of carbonyl (C=O) groups excluding carboxylic acids is 1. The second-order valence-corrected chi connectivity index (χ2v) is 6.17. The van der Waals surface area contributed by atoms with Crippen LogP contribution in [0.25, 0.3) is 0 Å². The van der Waals surface area contributed by atoms with Crippen LogP contribution in [0.3, 0.4) is 0 Å². The van der Waals surface area contributed by atoms with Crippen LogP contribution in [-0.2, 0) is 9.47 Å². The molecule has 0 spiro atoms. The molecule has 0 radical (unpaired) electrons. The molecule has 26 heavy (non-hydrogen) atoms. The number of nitrogens with one attached hydrogen (secondary N) is 2. The predicted octanol–water partition coefficient (Wildman–Crippen LogP) is -0.157. The first kappa shape index (κ1) is 18.5. The number of ether oxygens (including phenoxy) is 4. The van der Waals surface area contributed by atoms with Crippen LogP contribution in [0.15, 0.2) is 23.2 Å². The van der Waals surface area contributed by atoms with E-state index in [4.69, 9.17) is 18.9 Å². The maximum absolute atomic E-state index is 12.5. The highest BCUT2D eigenvalue weighted by Crippen LogP contribution is 2.32. The second kappa shape index (κ2) is 9.40. The molecule has 3 rings (SSSR count). The lowest BCUT2D eigenvalue weighted by Crippen LogP contribution is -3.14. The van der Waals surface area contributed by atoms with Crippen molar-refractivity contribution in [2.75, 3.05) is 52.8 Å². The number of hydrogen-bond donors (Lipinski definition) is 2. The summed E-state index contributed by atoms with van der Waals surface area (Å²) in [5.74, 6) is 0.935. The van der Waals surface area contributed by atoms with E-state index >= 15 is 0 Å². The van der Waals surface area contributed by atoms with Crippen molar-refractivity contribution in [3.63, 3.8) is 0 Å². The number of rotatable bonds is 6. The topological polar surface area (TPSA) is 82.8 Å². The van der Waals surface area contributed by atoms with Crippen LogP contribution >= 0.6 is 0 Å². The van der Waals surface area contributed by atoms with E-state index in [-0.39, 0.29) is 18.7 Å². The van der Waals surface area contributed by atoms with Gasteiger partial charge in [-0.1, -0.05) is 6.92 Å². The largest absolute Gasteiger partial charge is 0.465 e. The van der Waals surface area contributed by atoms with Gasteiger partial charge in [-0.2, -0.15) is 0 Å². The first-order chi connectivity index (χ1) is 12.8. The molecule has 0 bridgehead atoms. The molecule has 2 heterocycles. The average Bonchev–Trinajstić information content (AvgIpc) is 3.14. The van der Waals surface area contributed by atoms with E-state index in [0.717, 1.165) is 39.3 Å². The van der Waals surface area contributed by atoms with Crippen molar-refractivity contribution in [1.29, 1.82) is 0 Å². The molecule has 8 heteroatoms. The van der Waals surface area contributed by atoms with E-state index in [1.165, 1.54) is 4.90 Å². The third kappa shape index (κ3) is 5.09. The number of aliphatic imine (C=N–C) groups is 1. The summed E-state index contributed by atoms with van der Waals surface area (Å²) in [5.41, 5.74) is 0.473. The molecule has 1 saturated heterocycles. The first-order valence-electron chi connectivity index (χ1n) is 9.06. The van der Waals surface area contributed by atoms with Crippen molar-refractivity contribution in [2.45, 2.75) is 13.3 Å². The molecule has 1 aromatic carbocycles. The Kier molecular flexibility index (Phi) is 6.68. The zero-order valence-electron chi connectivity index (χ0n) is 15.1. The van der Waals surface area contributed by atoms with Crippen LogP contribution in [0.2, 0.25) is 0 Å². The van der Waals surface area contributed by atoms with E-state index < -0.39 is 0 Å². The Balaban J connectivity index is 1.57. The van der Waals surface area contributed by atoms with Gasteiger partial charge >= 0.3 is 0 Å². The van der Waals surface area contributed by atoms with Crippen LogP contribution in [0.5, 0.6) is 11.5 Å². The molecule has 142 valence electrons. The maximum atomic E-state index is 12.5. The number of morpholine rings is 1. The van der Waals surface area contributed by atoms with Gasteiger partial charge in [-0.15, -0.1) is 0 Å². The number of fused-ring (bicyclic) bond motifs is 1. The molecule has 0 saturated carbocycles. The molecule has 0 aliphatic carbocycles. The molecule has 2 N–H and O–H groups in total. The number of amidine groups is 1. The summed E-state index contributed by atoms with van der Waals surface area (Å²) in [4.78, 5) is 18.4. The number of amides is 1.